The topological polar surface area (TPSA) is 64.3 Å². The third kappa shape index (κ3) is 3.23. The molecule has 0 spiro atoms. The SMILES string of the molecule is COc1cc(Br)cc(NC(=O)C2CCC(N)C2)c1. The first-order chi connectivity index (χ1) is 8.58. The van der Waals surface area contributed by atoms with E-state index >= 15 is 0 Å². The molecule has 2 rings (SSSR count). The van der Waals surface area contributed by atoms with E-state index in [4.69, 9.17) is 10.5 Å². The van der Waals surface area contributed by atoms with Crippen molar-refractivity contribution >= 4 is 27.5 Å². The monoisotopic (exact) mass is 312 g/mol. The minimum absolute atomic E-state index is 0.0324. The number of ether oxygens (including phenoxy) is 1. The zero-order valence-electron chi connectivity index (χ0n) is 10.3. The van der Waals surface area contributed by atoms with Crippen LogP contribution in [0.3, 0.4) is 0 Å². The summed E-state index contributed by atoms with van der Waals surface area (Å²) in [5.41, 5.74) is 6.56. The summed E-state index contributed by atoms with van der Waals surface area (Å²) in [5, 5.41) is 2.92. The molecule has 3 N–H and O–H groups in total. The Morgan fingerprint density at radius 1 is 1.44 bits per heavy atom. The molecule has 1 aliphatic carbocycles. The fourth-order valence-electron chi connectivity index (χ4n) is 2.25. The van der Waals surface area contributed by atoms with Crippen molar-refractivity contribution in [1.29, 1.82) is 0 Å². The predicted molar refractivity (Wildman–Crippen MR) is 74.6 cm³/mol. The molecule has 1 aromatic rings. The van der Waals surface area contributed by atoms with Crippen molar-refractivity contribution < 1.29 is 9.53 Å². The fraction of sp³-hybridized carbons (Fsp3) is 0.462. The highest BCUT2D eigenvalue weighted by molar-refractivity contribution is 9.10. The van der Waals surface area contributed by atoms with Crippen LogP contribution in [0.25, 0.3) is 0 Å². The smallest absolute Gasteiger partial charge is 0.227 e. The number of methoxy groups -OCH3 is 1. The minimum Gasteiger partial charge on any atom is -0.497 e. The first-order valence-electron chi connectivity index (χ1n) is 5.99. The number of nitrogens with one attached hydrogen (secondary N) is 1. The van der Waals surface area contributed by atoms with E-state index in [1.165, 1.54) is 0 Å². The summed E-state index contributed by atoms with van der Waals surface area (Å²) in [6.07, 6.45) is 2.58. The molecule has 1 amide bonds. The highest BCUT2D eigenvalue weighted by atomic mass is 79.9. The van der Waals surface area contributed by atoms with E-state index < -0.39 is 0 Å². The minimum atomic E-state index is 0.0324. The second kappa shape index (κ2) is 5.71. The molecule has 0 radical (unpaired) electrons. The number of halogens is 1. The van der Waals surface area contributed by atoms with Gasteiger partial charge in [-0.2, -0.15) is 0 Å². The van der Waals surface area contributed by atoms with Gasteiger partial charge in [0.1, 0.15) is 5.75 Å². The third-order valence-electron chi connectivity index (χ3n) is 3.22. The number of carbonyl (C=O) groups excluding carboxylic acids is 1. The van der Waals surface area contributed by atoms with Gasteiger partial charge in [0.25, 0.3) is 0 Å². The van der Waals surface area contributed by atoms with Crippen LogP contribution >= 0.6 is 15.9 Å². The number of rotatable bonds is 3. The van der Waals surface area contributed by atoms with Gasteiger partial charge in [0.15, 0.2) is 0 Å². The first-order valence-corrected chi connectivity index (χ1v) is 6.79. The number of anilines is 1. The molecular formula is C13H17BrN2O2. The van der Waals surface area contributed by atoms with Crippen molar-refractivity contribution in [3.05, 3.63) is 22.7 Å². The van der Waals surface area contributed by atoms with Gasteiger partial charge >= 0.3 is 0 Å². The van der Waals surface area contributed by atoms with Gasteiger partial charge in [0, 0.05) is 28.2 Å². The lowest BCUT2D eigenvalue weighted by atomic mass is 10.1. The Morgan fingerprint density at radius 3 is 2.83 bits per heavy atom. The maximum atomic E-state index is 12.0. The van der Waals surface area contributed by atoms with Gasteiger partial charge in [0.05, 0.1) is 7.11 Å². The van der Waals surface area contributed by atoms with Gasteiger partial charge < -0.3 is 15.8 Å². The summed E-state index contributed by atoms with van der Waals surface area (Å²) in [4.78, 5) is 12.0. The van der Waals surface area contributed by atoms with Crippen LogP contribution < -0.4 is 15.8 Å². The van der Waals surface area contributed by atoms with Gasteiger partial charge in [-0.15, -0.1) is 0 Å². The predicted octanol–water partition coefficient (Wildman–Crippen LogP) is 2.52. The molecule has 0 aromatic heterocycles. The molecule has 0 aliphatic heterocycles. The molecule has 1 aromatic carbocycles. The third-order valence-corrected chi connectivity index (χ3v) is 3.68. The van der Waals surface area contributed by atoms with Crippen molar-refractivity contribution in [2.45, 2.75) is 25.3 Å². The number of carbonyl (C=O) groups is 1. The van der Waals surface area contributed by atoms with E-state index in [2.05, 4.69) is 21.2 Å². The normalized spacial score (nSPS) is 22.8. The standard InChI is InChI=1S/C13H17BrN2O2/c1-18-12-6-9(14)5-11(7-12)16-13(17)8-2-3-10(15)4-8/h5-8,10H,2-4,15H2,1H3,(H,16,17). The van der Waals surface area contributed by atoms with Crippen LogP contribution in [0.15, 0.2) is 22.7 Å². The van der Waals surface area contributed by atoms with Gasteiger partial charge in [-0.25, -0.2) is 0 Å². The zero-order chi connectivity index (χ0) is 13.1. The van der Waals surface area contributed by atoms with Crippen LogP contribution in [0.4, 0.5) is 5.69 Å². The summed E-state index contributed by atoms with van der Waals surface area (Å²) in [5.74, 6) is 0.788. The molecule has 18 heavy (non-hydrogen) atoms. The average molecular weight is 313 g/mol. The Kier molecular flexibility index (Phi) is 4.24. The molecule has 5 heteroatoms. The average Bonchev–Trinajstić information content (AvgIpc) is 2.75. The van der Waals surface area contributed by atoms with E-state index in [1.807, 2.05) is 12.1 Å². The molecule has 0 heterocycles. The van der Waals surface area contributed by atoms with Crippen molar-refractivity contribution in [1.82, 2.24) is 0 Å². The summed E-state index contributed by atoms with van der Waals surface area (Å²) in [7, 11) is 1.60. The highest BCUT2D eigenvalue weighted by Crippen LogP contribution is 2.28. The molecule has 4 nitrogen and oxygen atoms in total. The van der Waals surface area contributed by atoms with Crippen LogP contribution in [-0.2, 0) is 4.79 Å². The maximum absolute atomic E-state index is 12.0. The first kappa shape index (κ1) is 13.4. The Bertz CT molecular complexity index is 451. The molecule has 2 atom stereocenters. The number of hydrogen-bond donors (Lipinski definition) is 2. The second-order valence-corrected chi connectivity index (χ2v) is 5.55. The summed E-state index contributed by atoms with van der Waals surface area (Å²) < 4.78 is 6.03. The van der Waals surface area contributed by atoms with E-state index in [1.54, 1.807) is 13.2 Å². The molecule has 1 saturated carbocycles. The largest absolute Gasteiger partial charge is 0.497 e. The number of benzene rings is 1. The quantitative estimate of drug-likeness (QED) is 0.901. The lowest BCUT2D eigenvalue weighted by molar-refractivity contribution is -0.119. The van der Waals surface area contributed by atoms with Crippen molar-refractivity contribution in [3.8, 4) is 5.75 Å². The Balaban J connectivity index is 2.04. The lowest BCUT2D eigenvalue weighted by Gasteiger charge is -2.12. The van der Waals surface area contributed by atoms with E-state index in [0.717, 1.165) is 29.4 Å². The van der Waals surface area contributed by atoms with Gasteiger partial charge in [-0.1, -0.05) is 15.9 Å². The van der Waals surface area contributed by atoms with Crippen molar-refractivity contribution in [2.24, 2.45) is 11.7 Å². The number of hydrogen-bond acceptors (Lipinski definition) is 3. The fourth-order valence-corrected chi connectivity index (χ4v) is 2.72. The lowest BCUT2D eigenvalue weighted by Crippen LogP contribution is -2.23. The molecule has 1 aliphatic rings. The maximum Gasteiger partial charge on any atom is 0.227 e. The van der Waals surface area contributed by atoms with E-state index in [-0.39, 0.29) is 17.9 Å². The number of nitrogens with two attached hydrogens (primary N) is 1. The van der Waals surface area contributed by atoms with Crippen LogP contribution in [0, 0.1) is 5.92 Å². The second-order valence-electron chi connectivity index (χ2n) is 4.64. The van der Waals surface area contributed by atoms with Gasteiger partial charge in [0.2, 0.25) is 5.91 Å². The highest BCUT2D eigenvalue weighted by Gasteiger charge is 2.27. The van der Waals surface area contributed by atoms with Gasteiger partial charge in [-0.3, -0.25) is 4.79 Å². The molecule has 2 unspecified atom stereocenters. The van der Waals surface area contributed by atoms with Crippen LogP contribution in [0.5, 0.6) is 5.75 Å². The van der Waals surface area contributed by atoms with Crippen LogP contribution in [0.2, 0.25) is 0 Å². The Morgan fingerprint density at radius 2 is 2.22 bits per heavy atom. The number of amides is 1. The van der Waals surface area contributed by atoms with E-state index in [0.29, 0.717) is 5.75 Å². The van der Waals surface area contributed by atoms with Crippen LogP contribution in [0.1, 0.15) is 19.3 Å². The van der Waals surface area contributed by atoms with E-state index in [9.17, 15) is 4.79 Å². The van der Waals surface area contributed by atoms with Gasteiger partial charge in [-0.05, 0) is 31.4 Å². The van der Waals surface area contributed by atoms with Crippen molar-refractivity contribution in [3.63, 3.8) is 0 Å². The Hall–Kier alpha value is -1.07. The molecule has 0 saturated heterocycles. The molecular weight excluding hydrogens is 296 g/mol. The summed E-state index contributed by atoms with van der Waals surface area (Å²) in [6, 6.07) is 5.67. The van der Waals surface area contributed by atoms with Crippen LogP contribution in [-0.4, -0.2) is 19.1 Å². The molecule has 98 valence electrons. The summed E-state index contributed by atoms with van der Waals surface area (Å²) >= 11 is 3.39. The summed E-state index contributed by atoms with van der Waals surface area (Å²) in [6.45, 7) is 0. The Labute approximate surface area is 115 Å². The van der Waals surface area contributed by atoms with Crippen molar-refractivity contribution in [2.75, 3.05) is 12.4 Å². The molecule has 1 fully saturated rings. The zero-order valence-corrected chi connectivity index (χ0v) is 11.9. The molecule has 0 bridgehead atoms.